The van der Waals surface area contributed by atoms with Crippen LogP contribution in [0.1, 0.15) is 30.4 Å². The van der Waals surface area contributed by atoms with Gasteiger partial charge in [0, 0.05) is 18.5 Å². The van der Waals surface area contributed by atoms with Gasteiger partial charge in [-0.05, 0) is 43.9 Å². The van der Waals surface area contributed by atoms with Gasteiger partial charge in [-0.15, -0.1) is 0 Å². The maximum atomic E-state index is 12.5. The number of carbonyl (C=O) groups is 1. The van der Waals surface area contributed by atoms with Crippen molar-refractivity contribution in [3.63, 3.8) is 0 Å². The molecule has 0 N–H and O–H groups in total. The van der Waals surface area contributed by atoms with Crippen LogP contribution in [-0.4, -0.2) is 38.1 Å². The maximum absolute atomic E-state index is 12.5. The quantitative estimate of drug-likeness (QED) is 0.797. The Morgan fingerprint density at radius 1 is 1.16 bits per heavy atom. The Kier molecular flexibility index (Phi) is 4.97. The van der Waals surface area contributed by atoms with E-state index in [1.54, 1.807) is 6.07 Å². The number of amides is 1. The Balaban J connectivity index is 2.02. The van der Waals surface area contributed by atoms with Crippen LogP contribution in [0.25, 0.3) is 11.0 Å². The van der Waals surface area contributed by atoms with Crippen LogP contribution >= 0.6 is 0 Å². The van der Waals surface area contributed by atoms with E-state index >= 15 is 0 Å². The van der Waals surface area contributed by atoms with Gasteiger partial charge in [-0.25, -0.2) is 4.79 Å². The van der Waals surface area contributed by atoms with E-state index in [1.165, 1.54) is 14.2 Å². The van der Waals surface area contributed by atoms with Crippen LogP contribution in [0.5, 0.6) is 11.5 Å². The topological polar surface area (TPSA) is 69.0 Å². The number of hydrogen-bond donors (Lipinski definition) is 0. The molecule has 0 saturated carbocycles. The molecule has 3 rings (SSSR count). The second-order valence-electron chi connectivity index (χ2n) is 6.29. The molecule has 2 heterocycles. The van der Waals surface area contributed by atoms with Gasteiger partial charge >= 0.3 is 5.63 Å². The number of piperidine rings is 1. The molecule has 0 atom stereocenters. The Hall–Kier alpha value is -2.50. The van der Waals surface area contributed by atoms with Crippen LogP contribution in [0.15, 0.2) is 21.3 Å². The number of likely N-dealkylation sites (tertiary alicyclic amines) is 1. The monoisotopic (exact) mass is 345 g/mol. The van der Waals surface area contributed by atoms with Crippen LogP contribution in [0.3, 0.4) is 0 Å². The van der Waals surface area contributed by atoms with Gasteiger partial charge < -0.3 is 18.8 Å². The minimum Gasteiger partial charge on any atom is -0.493 e. The zero-order chi connectivity index (χ0) is 18.0. The van der Waals surface area contributed by atoms with E-state index in [9.17, 15) is 9.59 Å². The molecule has 1 saturated heterocycles. The van der Waals surface area contributed by atoms with Crippen molar-refractivity contribution >= 4 is 16.9 Å². The minimum absolute atomic E-state index is 0.0186. The lowest BCUT2D eigenvalue weighted by Gasteiger charge is -2.26. The average molecular weight is 345 g/mol. The summed E-state index contributed by atoms with van der Waals surface area (Å²) in [5.74, 6) is 0.860. The van der Waals surface area contributed by atoms with Gasteiger partial charge in [0.1, 0.15) is 0 Å². The molecule has 6 nitrogen and oxygen atoms in total. The zero-order valence-electron chi connectivity index (χ0n) is 14.9. The summed E-state index contributed by atoms with van der Waals surface area (Å²) in [7, 11) is 3.03. The van der Waals surface area contributed by atoms with Crippen LogP contribution in [0.2, 0.25) is 0 Å². The van der Waals surface area contributed by atoms with E-state index in [4.69, 9.17) is 13.9 Å². The van der Waals surface area contributed by atoms with E-state index in [2.05, 4.69) is 0 Å². The van der Waals surface area contributed by atoms with Crippen LogP contribution in [0.4, 0.5) is 0 Å². The molecule has 0 aliphatic carbocycles. The number of nitrogens with zero attached hydrogens (tertiary/aromatic N) is 1. The number of benzene rings is 1. The summed E-state index contributed by atoms with van der Waals surface area (Å²) in [4.78, 5) is 26.9. The fraction of sp³-hybridized carbons (Fsp3) is 0.474. The molecule has 134 valence electrons. The lowest BCUT2D eigenvalue weighted by molar-refractivity contribution is -0.131. The predicted octanol–water partition coefficient (Wildman–Crippen LogP) is 2.67. The van der Waals surface area contributed by atoms with Gasteiger partial charge in [0.15, 0.2) is 11.3 Å². The highest BCUT2D eigenvalue weighted by atomic mass is 16.5. The van der Waals surface area contributed by atoms with Crippen molar-refractivity contribution < 1.29 is 18.7 Å². The largest absolute Gasteiger partial charge is 0.493 e. The Labute approximate surface area is 146 Å². The molecule has 0 bridgehead atoms. The summed E-state index contributed by atoms with van der Waals surface area (Å²) in [6, 6.07) is 3.59. The summed E-state index contributed by atoms with van der Waals surface area (Å²) in [6.45, 7) is 3.37. The van der Waals surface area contributed by atoms with Gasteiger partial charge in [0.25, 0.3) is 0 Å². The highest BCUT2D eigenvalue weighted by molar-refractivity contribution is 5.89. The molecule has 1 fully saturated rings. The first kappa shape index (κ1) is 17.3. The zero-order valence-corrected chi connectivity index (χ0v) is 14.9. The van der Waals surface area contributed by atoms with Crippen molar-refractivity contribution in [1.29, 1.82) is 0 Å². The normalized spacial score (nSPS) is 14.6. The van der Waals surface area contributed by atoms with Gasteiger partial charge in [0.05, 0.1) is 26.2 Å². The fourth-order valence-corrected chi connectivity index (χ4v) is 3.38. The second-order valence-corrected chi connectivity index (χ2v) is 6.29. The molecule has 1 aliphatic heterocycles. The highest BCUT2D eigenvalue weighted by Crippen LogP contribution is 2.36. The molecule has 1 amide bonds. The predicted molar refractivity (Wildman–Crippen MR) is 94.5 cm³/mol. The maximum Gasteiger partial charge on any atom is 0.340 e. The van der Waals surface area contributed by atoms with Gasteiger partial charge in [-0.2, -0.15) is 0 Å². The average Bonchev–Trinajstić information content (AvgIpc) is 2.64. The molecule has 1 aromatic heterocycles. The van der Waals surface area contributed by atoms with Gasteiger partial charge in [0.2, 0.25) is 11.7 Å². The van der Waals surface area contributed by atoms with E-state index in [1.807, 2.05) is 17.9 Å². The van der Waals surface area contributed by atoms with Gasteiger partial charge in [-0.1, -0.05) is 0 Å². The van der Waals surface area contributed by atoms with Crippen molar-refractivity contribution in [3.05, 3.63) is 33.7 Å². The molecular weight excluding hydrogens is 322 g/mol. The molecule has 1 aliphatic rings. The minimum atomic E-state index is -0.498. The molecular formula is C19H23NO5. The molecule has 6 heteroatoms. The molecule has 1 aromatic carbocycles. The number of aryl methyl sites for hydroxylation is 1. The summed E-state index contributed by atoms with van der Waals surface area (Å²) in [5.41, 5.74) is 1.01. The third kappa shape index (κ3) is 3.21. The first-order valence-electron chi connectivity index (χ1n) is 8.52. The van der Waals surface area contributed by atoms with Crippen LogP contribution in [-0.2, 0) is 11.2 Å². The third-order valence-electron chi connectivity index (χ3n) is 4.83. The van der Waals surface area contributed by atoms with Crippen molar-refractivity contribution in [2.45, 2.75) is 32.6 Å². The second kappa shape index (κ2) is 7.17. The lowest BCUT2D eigenvalue weighted by Crippen LogP contribution is -2.37. The standard InChI is InChI=1S/C19H23NO5/c1-12-13-7-8-15(23-2)18(24-3)17(13)25-19(22)14(12)11-16(21)20-9-5-4-6-10-20/h7-8H,4-6,9-11H2,1-3H3. The smallest absolute Gasteiger partial charge is 0.340 e. The van der Waals surface area contributed by atoms with Crippen molar-refractivity contribution in [2.75, 3.05) is 27.3 Å². The Bertz CT molecular complexity index is 849. The van der Waals surface area contributed by atoms with E-state index < -0.39 is 5.63 Å². The summed E-state index contributed by atoms with van der Waals surface area (Å²) in [5, 5.41) is 0.749. The SMILES string of the molecule is COc1ccc2c(C)c(CC(=O)N3CCCCC3)c(=O)oc2c1OC. The summed E-state index contributed by atoms with van der Waals surface area (Å²) in [6.07, 6.45) is 3.27. The number of rotatable bonds is 4. The molecule has 25 heavy (non-hydrogen) atoms. The van der Waals surface area contributed by atoms with Crippen LogP contribution in [0, 0.1) is 6.92 Å². The fourth-order valence-electron chi connectivity index (χ4n) is 3.38. The van der Waals surface area contributed by atoms with E-state index in [-0.39, 0.29) is 12.3 Å². The molecule has 0 radical (unpaired) electrons. The van der Waals surface area contributed by atoms with Crippen molar-refractivity contribution in [2.24, 2.45) is 0 Å². The Morgan fingerprint density at radius 2 is 1.88 bits per heavy atom. The molecule has 0 spiro atoms. The van der Waals surface area contributed by atoms with E-state index in [0.717, 1.165) is 43.3 Å². The lowest BCUT2D eigenvalue weighted by atomic mass is 10.0. The number of ether oxygens (including phenoxy) is 2. The molecule has 0 unspecified atom stereocenters. The highest BCUT2D eigenvalue weighted by Gasteiger charge is 2.22. The number of fused-ring (bicyclic) bond motifs is 1. The third-order valence-corrected chi connectivity index (χ3v) is 4.83. The summed E-state index contributed by atoms with van der Waals surface area (Å²) >= 11 is 0. The summed E-state index contributed by atoms with van der Waals surface area (Å²) < 4.78 is 16.1. The number of methoxy groups -OCH3 is 2. The van der Waals surface area contributed by atoms with Crippen molar-refractivity contribution in [3.8, 4) is 11.5 Å². The number of carbonyl (C=O) groups excluding carboxylic acids is 1. The first-order valence-corrected chi connectivity index (χ1v) is 8.52. The molecule has 2 aromatic rings. The van der Waals surface area contributed by atoms with Gasteiger partial charge in [-0.3, -0.25) is 4.79 Å². The van der Waals surface area contributed by atoms with Crippen molar-refractivity contribution in [1.82, 2.24) is 4.90 Å². The Morgan fingerprint density at radius 3 is 2.52 bits per heavy atom. The van der Waals surface area contributed by atoms with E-state index in [0.29, 0.717) is 22.6 Å². The number of hydrogen-bond acceptors (Lipinski definition) is 5. The van der Waals surface area contributed by atoms with Crippen LogP contribution < -0.4 is 15.1 Å². The first-order chi connectivity index (χ1) is 12.1.